The first-order valence-corrected chi connectivity index (χ1v) is 9.36. The minimum atomic E-state index is -1.47. The number of carbonyl (C=O) groups excluding carboxylic acids is 1. The predicted octanol–water partition coefficient (Wildman–Crippen LogP) is 0.278. The number of ketones is 1. The van der Waals surface area contributed by atoms with E-state index in [1.807, 2.05) is 0 Å². The first kappa shape index (κ1) is 20.9. The van der Waals surface area contributed by atoms with Crippen LogP contribution < -0.4 is 9.47 Å². The van der Waals surface area contributed by atoms with Gasteiger partial charge in [-0.3, -0.25) is 4.79 Å². The Morgan fingerprint density at radius 1 is 1.00 bits per heavy atom. The Bertz CT molecular complexity index is 1030. The minimum absolute atomic E-state index is 0.0583. The van der Waals surface area contributed by atoms with Crippen molar-refractivity contribution in [3.05, 3.63) is 47.5 Å². The highest BCUT2D eigenvalue weighted by Crippen LogP contribution is 2.45. The summed E-state index contributed by atoms with van der Waals surface area (Å²) in [7, 11) is 0. The van der Waals surface area contributed by atoms with Crippen molar-refractivity contribution in [3.63, 3.8) is 0 Å². The summed E-state index contributed by atoms with van der Waals surface area (Å²) >= 11 is 0. The molecule has 5 unspecified atom stereocenters. The number of fused-ring (bicyclic) bond motifs is 2. The molecule has 1 saturated heterocycles. The maximum atomic E-state index is 12.6. The quantitative estimate of drug-likeness (QED) is 0.224. The molecule has 0 saturated carbocycles. The standard InChI is InChI=1S/C21H20O10/c22-8-15-17(27)18(28)20-21(30-15)29-14-6-3-10(16(26)19(14)31-20)11(23)4-1-9-2-5-12(24)13(25)7-9/h1-7,15,17-18,20-22,24-28H,8H2. The number of phenols is 3. The Kier molecular flexibility index (Phi) is 5.46. The molecule has 0 bridgehead atoms. The highest BCUT2D eigenvalue weighted by atomic mass is 16.7. The van der Waals surface area contributed by atoms with Crippen LogP contribution in [-0.2, 0) is 4.74 Å². The molecular formula is C21H20O10. The first-order valence-electron chi connectivity index (χ1n) is 9.36. The third-order valence-corrected chi connectivity index (χ3v) is 5.11. The van der Waals surface area contributed by atoms with Crippen molar-refractivity contribution in [1.82, 2.24) is 0 Å². The molecule has 0 amide bonds. The van der Waals surface area contributed by atoms with Crippen molar-refractivity contribution in [2.24, 2.45) is 0 Å². The SMILES string of the molecule is O=C(C=Cc1ccc(O)c(O)c1)c1ccc2c(c1O)OC1C(O2)OC(CO)C(O)C1O. The van der Waals surface area contributed by atoms with Gasteiger partial charge in [0.2, 0.25) is 12.0 Å². The number of allylic oxidation sites excluding steroid dienone is 1. The summed E-state index contributed by atoms with van der Waals surface area (Å²) in [6.45, 7) is -0.540. The van der Waals surface area contributed by atoms with Crippen LogP contribution in [0.25, 0.3) is 6.08 Å². The normalized spacial score (nSPS) is 27.1. The van der Waals surface area contributed by atoms with Gasteiger partial charge in [0.05, 0.1) is 12.2 Å². The molecule has 10 heteroatoms. The molecule has 0 aromatic heterocycles. The lowest BCUT2D eigenvalue weighted by atomic mass is 9.98. The number of hydrogen-bond acceptors (Lipinski definition) is 10. The van der Waals surface area contributed by atoms with E-state index in [9.17, 15) is 35.4 Å². The van der Waals surface area contributed by atoms with Gasteiger partial charge in [-0.25, -0.2) is 0 Å². The van der Waals surface area contributed by atoms with E-state index in [2.05, 4.69) is 0 Å². The van der Waals surface area contributed by atoms with Crippen LogP contribution in [0, 0.1) is 0 Å². The third kappa shape index (κ3) is 3.77. The largest absolute Gasteiger partial charge is 0.504 e. The second kappa shape index (κ2) is 8.08. The summed E-state index contributed by atoms with van der Waals surface area (Å²) in [4.78, 5) is 12.6. The molecule has 2 aromatic carbocycles. The van der Waals surface area contributed by atoms with Gasteiger partial charge in [0.1, 0.15) is 18.3 Å². The molecule has 4 rings (SSSR count). The van der Waals surface area contributed by atoms with Gasteiger partial charge in [0.15, 0.2) is 34.9 Å². The summed E-state index contributed by atoms with van der Waals surface area (Å²) in [6, 6.07) is 6.71. The fourth-order valence-corrected chi connectivity index (χ4v) is 3.40. The van der Waals surface area contributed by atoms with Gasteiger partial charge in [0, 0.05) is 0 Å². The molecule has 2 aromatic rings. The Labute approximate surface area is 175 Å². The second-order valence-electron chi connectivity index (χ2n) is 7.14. The molecule has 2 aliphatic heterocycles. The number of aromatic hydroxyl groups is 3. The van der Waals surface area contributed by atoms with Gasteiger partial charge in [-0.1, -0.05) is 12.1 Å². The second-order valence-corrected chi connectivity index (χ2v) is 7.14. The molecule has 2 heterocycles. The monoisotopic (exact) mass is 432 g/mol. The zero-order valence-corrected chi connectivity index (χ0v) is 16.0. The van der Waals surface area contributed by atoms with Gasteiger partial charge >= 0.3 is 0 Å². The van der Waals surface area contributed by atoms with Crippen LogP contribution in [0.2, 0.25) is 0 Å². The Morgan fingerprint density at radius 2 is 1.77 bits per heavy atom. The van der Waals surface area contributed by atoms with Crippen molar-refractivity contribution in [2.45, 2.75) is 30.7 Å². The van der Waals surface area contributed by atoms with Crippen molar-refractivity contribution >= 4 is 11.9 Å². The number of benzene rings is 2. The molecule has 0 aliphatic carbocycles. The highest BCUT2D eigenvalue weighted by molar-refractivity contribution is 6.09. The Balaban J connectivity index is 1.58. The smallest absolute Gasteiger partial charge is 0.240 e. The van der Waals surface area contributed by atoms with Gasteiger partial charge in [0.25, 0.3) is 0 Å². The molecule has 31 heavy (non-hydrogen) atoms. The lowest BCUT2D eigenvalue weighted by molar-refractivity contribution is -0.279. The van der Waals surface area contributed by atoms with Gasteiger partial charge < -0.3 is 44.8 Å². The van der Waals surface area contributed by atoms with Crippen molar-refractivity contribution in [1.29, 1.82) is 0 Å². The zero-order chi connectivity index (χ0) is 22.3. The summed E-state index contributed by atoms with van der Waals surface area (Å²) in [5, 5.41) is 59.0. The lowest BCUT2D eigenvalue weighted by Crippen LogP contribution is -2.63. The number of aliphatic hydroxyl groups is 3. The average molecular weight is 432 g/mol. The van der Waals surface area contributed by atoms with Crippen LogP contribution in [0.4, 0.5) is 0 Å². The number of aliphatic hydroxyl groups excluding tert-OH is 3. The summed E-state index contributed by atoms with van der Waals surface area (Å²) in [5.41, 5.74) is 0.332. The number of phenolic OH excluding ortho intramolecular Hbond substituents is 3. The van der Waals surface area contributed by atoms with E-state index in [0.29, 0.717) is 5.56 Å². The summed E-state index contributed by atoms with van der Waals surface area (Å²) < 4.78 is 16.6. The van der Waals surface area contributed by atoms with Crippen molar-refractivity contribution in [2.75, 3.05) is 6.61 Å². The Morgan fingerprint density at radius 3 is 2.48 bits per heavy atom. The van der Waals surface area contributed by atoms with Gasteiger partial charge in [-0.05, 0) is 35.9 Å². The number of carbonyl (C=O) groups is 1. The lowest BCUT2D eigenvalue weighted by Gasteiger charge is -2.44. The van der Waals surface area contributed by atoms with E-state index in [-0.39, 0.29) is 28.6 Å². The van der Waals surface area contributed by atoms with Crippen LogP contribution in [0.15, 0.2) is 36.4 Å². The van der Waals surface area contributed by atoms with Gasteiger partial charge in [-0.15, -0.1) is 0 Å². The molecule has 5 atom stereocenters. The highest BCUT2D eigenvalue weighted by Gasteiger charge is 2.50. The fourth-order valence-electron chi connectivity index (χ4n) is 3.40. The molecule has 6 N–H and O–H groups in total. The van der Waals surface area contributed by atoms with E-state index >= 15 is 0 Å². The maximum absolute atomic E-state index is 12.6. The van der Waals surface area contributed by atoms with E-state index < -0.39 is 48.8 Å². The molecule has 1 fully saturated rings. The maximum Gasteiger partial charge on any atom is 0.240 e. The summed E-state index contributed by atoms with van der Waals surface area (Å²) in [5.74, 6) is -1.88. The zero-order valence-electron chi connectivity index (χ0n) is 16.0. The molecular weight excluding hydrogens is 412 g/mol. The number of rotatable bonds is 4. The van der Waals surface area contributed by atoms with Crippen LogP contribution in [-0.4, -0.2) is 73.7 Å². The molecule has 2 aliphatic rings. The first-order chi connectivity index (χ1) is 14.8. The fraction of sp³-hybridized carbons (Fsp3) is 0.286. The minimum Gasteiger partial charge on any atom is -0.504 e. The van der Waals surface area contributed by atoms with Crippen LogP contribution in [0.5, 0.6) is 28.7 Å². The van der Waals surface area contributed by atoms with E-state index in [4.69, 9.17) is 14.2 Å². The van der Waals surface area contributed by atoms with Crippen LogP contribution >= 0.6 is 0 Å². The molecule has 0 spiro atoms. The van der Waals surface area contributed by atoms with E-state index in [1.165, 1.54) is 36.4 Å². The number of hydrogen-bond donors (Lipinski definition) is 6. The van der Waals surface area contributed by atoms with Crippen LogP contribution in [0.1, 0.15) is 15.9 Å². The van der Waals surface area contributed by atoms with Crippen molar-refractivity contribution < 1.29 is 49.6 Å². The molecule has 10 nitrogen and oxygen atoms in total. The van der Waals surface area contributed by atoms with Gasteiger partial charge in [-0.2, -0.15) is 0 Å². The number of ether oxygens (including phenoxy) is 3. The van der Waals surface area contributed by atoms with Crippen LogP contribution in [0.3, 0.4) is 0 Å². The van der Waals surface area contributed by atoms with E-state index in [0.717, 1.165) is 6.08 Å². The molecule has 164 valence electrons. The topological polar surface area (TPSA) is 166 Å². The average Bonchev–Trinajstić information content (AvgIpc) is 2.76. The Hall–Kier alpha value is -3.31. The predicted molar refractivity (Wildman–Crippen MR) is 104 cm³/mol. The molecule has 0 radical (unpaired) electrons. The van der Waals surface area contributed by atoms with E-state index in [1.54, 1.807) is 0 Å². The summed E-state index contributed by atoms with van der Waals surface area (Å²) in [6.07, 6.45) is -3.76. The third-order valence-electron chi connectivity index (χ3n) is 5.11. The van der Waals surface area contributed by atoms with Crippen molar-refractivity contribution in [3.8, 4) is 28.7 Å².